The molecule has 3 rings (SSSR count). The molecule has 1 saturated heterocycles. The lowest BCUT2D eigenvalue weighted by atomic mass is 10.1. The fraction of sp³-hybridized carbons (Fsp3) is 0.533. The van der Waals surface area contributed by atoms with Gasteiger partial charge in [-0.15, -0.1) is 0 Å². The summed E-state index contributed by atoms with van der Waals surface area (Å²) in [6, 6.07) is 5.29. The molecule has 2 aliphatic rings. The van der Waals surface area contributed by atoms with Crippen molar-refractivity contribution in [3.05, 3.63) is 23.8 Å². The Bertz CT molecular complexity index is 511. The number of hydrogen-bond acceptors (Lipinski definition) is 4. The second kappa shape index (κ2) is 5.32. The van der Waals surface area contributed by atoms with Crippen molar-refractivity contribution in [2.24, 2.45) is 0 Å². The van der Waals surface area contributed by atoms with Gasteiger partial charge in [-0.05, 0) is 31.9 Å². The smallest absolute Gasteiger partial charge is 0.263 e. The Morgan fingerprint density at radius 3 is 2.95 bits per heavy atom. The molecular formula is C15H19NO4. The summed E-state index contributed by atoms with van der Waals surface area (Å²) in [4.78, 5) is 14.0. The first-order chi connectivity index (χ1) is 9.65. The minimum Gasteiger partial charge on any atom is -0.490 e. The van der Waals surface area contributed by atoms with Crippen molar-refractivity contribution in [3.63, 3.8) is 0 Å². The lowest BCUT2D eigenvalue weighted by Gasteiger charge is -2.21. The fourth-order valence-electron chi connectivity index (χ4n) is 2.70. The van der Waals surface area contributed by atoms with Crippen molar-refractivity contribution in [1.29, 1.82) is 0 Å². The van der Waals surface area contributed by atoms with E-state index in [4.69, 9.17) is 9.47 Å². The topological polar surface area (TPSA) is 59.0 Å². The number of carbonyl (C=O) groups is 1. The maximum atomic E-state index is 12.2. The Kier molecular flexibility index (Phi) is 3.53. The second-order valence-corrected chi connectivity index (χ2v) is 5.32. The second-order valence-electron chi connectivity index (χ2n) is 5.32. The molecule has 0 radical (unpaired) electrons. The molecule has 1 amide bonds. The summed E-state index contributed by atoms with van der Waals surface area (Å²) in [7, 11) is 0. The first-order valence-corrected chi connectivity index (χ1v) is 7.05. The summed E-state index contributed by atoms with van der Waals surface area (Å²) < 4.78 is 11.1. The van der Waals surface area contributed by atoms with Gasteiger partial charge in [0.05, 0.1) is 0 Å². The number of hydrogen-bond donors (Lipinski definition) is 1. The van der Waals surface area contributed by atoms with E-state index in [1.165, 1.54) is 0 Å². The van der Waals surface area contributed by atoms with Crippen molar-refractivity contribution in [1.82, 2.24) is 4.90 Å². The molecule has 5 nitrogen and oxygen atoms in total. The standard InChI is InChI=1S/C15H19NO4/c1-10(15(18)16-6-2-3-7-16)20-11-4-5-12-13(17)9-19-14(12)8-11/h4-5,8,10,13,17H,2-3,6-7,9H2,1H3. The number of fused-ring (bicyclic) bond motifs is 1. The van der Waals surface area contributed by atoms with Crippen molar-refractivity contribution in [2.45, 2.75) is 32.0 Å². The number of aliphatic hydroxyl groups is 1. The van der Waals surface area contributed by atoms with Gasteiger partial charge in [0.15, 0.2) is 6.10 Å². The van der Waals surface area contributed by atoms with E-state index in [1.807, 2.05) is 4.90 Å². The van der Waals surface area contributed by atoms with Crippen molar-refractivity contribution < 1.29 is 19.4 Å². The Morgan fingerprint density at radius 1 is 1.45 bits per heavy atom. The first-order valence-electron chi connectivity index (χ1n) is 7.05. The number of likely N-dealkylation sites (tertiary alicyclic amines) is 1. The molecule has 5 heteroatoms. The molecule has 1 aromatic rings. The SMILES string of the molecule is CC(Oc1ccc2c(c1)OCC2O)C(=O)N1CCCC1. The quantitative estimate of drug-likeness (QED) is 0.909. The number of carbonyl (C=O) groups excluding carboxylic acids is 1. The van der Waals surface area contributed by atoms with Gasteiger partial charge in [0.2, 0.25) is 0 Å². The Labute approximate surface area is 118 Å². The molecule has 1 aromatic carbocycles. The summed E-state index contributed by atoms with van der Waals surface area (Å²) in [5.41, 5.74) is 0.774. The van der Waals surface area contributed by atoms with Gasteiger partial charge >= 0.3 is 0 Å². The van der Waals surface area contributed by atoms with Crippen LogP contribution in [0, 0.1) is 0 Å². The molecule has 2 heterocycles. The lowest BCUT2D eigenvalue weighted by molar-refractivity contribution is -0.136. The monoisotopic (exact) mass is 277 g/mol. The van der Waals surface area contributed by atoms with E-state index >= 15 is 0 Å². The molecule has 0 saturated carbocycles. The van der Waals surface area contributed by atoms with E-state index in [9.17, 15) is 9.90 Å². The Balaban J connectivity index is 1.67. The van der Waals surface area contributed by atoms with Crippen LogP contribution in [0.15, 0.2) is 18.2 Å². The van der Waals surface area contributed by atoms with Gasteiger partial charge in [-0.1, -0.05) is 0 Å². The number of ether oxygens (including phenoxy) is 2. The van der Waals surface area contributed by atoms with Gasteiger partial charge in [-0.25, -0.2) is 0 Å². The molecule has 2 unspecified atom stereocenters. The maximum absolute atomic E-state index is 12.2. The van der Waals surface area contributed by atoms with Crippen LogP contribution in [0.2, 0.25) is 0 Å². The van der Waals surface area contributed by atoms with Crippen molar-refractivity contribution >= 4 is 5.91 Å². The number of amides is 1. The van der Waals surface area contributed by atoms with Gasteiger partial charge in [0.1, 0.15) is 24.2 Å². The molecule has 2 atom stereocenters. The molecule has 0 spiro atoms. The van der Waals surface area contributed by atoms with Gasteiger partial charge in [0.25, 0.3) is 5.91 Å². The highest BCUT2D eigenvalue weighted by Crippen LogP contribution is 2.35. The van der Waals surface area contributed by atoms with Crippen LogP contribution in [-0.2, 0) is 4.79 Å². The third-order valence-corrected chi connectivity index (χ3v) is 3.82. The van der Waals surface area contributed by atoms with E-state index in [0.29, 0.717) is 11.5 Å². The van der Waals surface area contributed by atoms with Crippen LogP contribution in [0.5, 0.6) is 11.5 Å². The van der Waals surface area contributed by atoms with E-state index in [1.54, 1.807) is 25.1 Å². The lowest BCUT2D eigenvalue weighted by Crippen LogP contribution is -2.38. The third kappa shape index (κ3) is 2.45. The first kappa shape index (κ1) is 13.2. The third-order valence-electron chi connectivity index (χ3n) is 3.82. The van der Waals surface area contributed by atoms with E-state index in [2.05, 4.69) is 0 Å². The molecule has 1 N–H and O–H groups in total. The Morgan fingerprint density at radius 2 is 2.20 bits per heavy atom. The highest BCUT2D eigenvalue weighted by atomic mass is 16.5. The molecule has 20 heavy (non-hydrogen) atoms. The number of benzene rings is 1. The van der Waals surface area contributed by atoms with Crippen LogP contribution in [0.3, 0.4) is 0 Å². The summed E-state index contributed by atoms with van der Waals surface area (Å²) in [5.74, 6) is 1.26. The predicted octanol–water partition coefficient (Wildman–Crippen LogP) is 1.50. The average molecular weight is 277 g/mol. The molecule has 0 bridgehead atoms. The van der Waals surface area contributed by atoms with E-state index in [0.717, 1.165) is 31.5 Å². The molecule has 0 aliphatic carbocycles. The van der Waals surface area contributed by atoms with Crippen LogP contribution in [-0.4, -0.2) is 41.7 Å². The minimum absolute atomic E-state index is 0.0314. The van der Waals surface area contributed by atoms with Crippen molar-refractivity contribution in [2.75, 3.05) is 19.7 Å². The molecule has 108 valence electrons. The highest BCUT2D eigenvalue weighted by molar-refractivity contribution is 5.81. The zero-order chi connectivity index (χ0) is 14.1. The molecule has 2 aliphatic heterocycles. The zero-order valence-electron chi connectivity index (χ0n) is 11.5. The van der Waals surface area contributed by atoms with Gasteiger partial charge in [0, 0.05) is 24.7 Å². The van der Waals surface area contributed by atoms with Gasteiger partial charge in [-0.2, -0.15) is 0 Å². The highest BCUT2D eigenvalue weighted by Gasteiger charge is 2.26. The Hall–Kier alpha value is -1.75. The largest absolute Gasteiger partial charge is 0.490 e. The maximum Gasteiger partial charge on any atom is 0.263 e. The van der Waals surface area contributed by atoms with E-state index < -0.39 is 12.2 Å². The van der Waals surface area contributed by atoms with Crippen LogP contribution in [0.1, 0.15) is 31.4 Å². The average Bonchev–Trinajstić information content (AvgIpc) is 3.08. The van der Waals surface area contributed by atoms with Crippen LogP contribution >= 0.6 is 0 Å². The summed E-state index contributed by atoms with van der Waals surface area (Å²) >= 11 is 0. The van der Waals surface area contributed by atoms with Gasteiger partial charge < -0.3 is 19.5 Å². The number of rotatable bonds is 3. The van der Waals surface area contributed by atoms with Gasteiger partial charge in [-0.3, -0.25) is 4.79 Å². The van der Waals surface area contributed by atoms with Crippen LogP contribution in [0.25, 0.3) is 0 Å². The number of nitrogens with zero attached hydrogens (tertiary/aromatic N) is 1. The zero-order valence-corrected chi connectivity index (χ0v) is 11.5. The van der Waals surface area contributed by atoms with Crippen LogP contribution in [0.4, 0.5) is 0 Å². The molecule has 1 fully saturated rings. The summed E-state index contributed by atoms with van der Waals surface area (Å²) in [6.45, 7) is 3.70. The fourth-order valence-corrected chi connectivity index (χ4v) is 2.70. The normalized spacial score (nSPS) is 22.3. The summed E-state index contributed by atoms with van der Waals surface area (Å²) in [5, 5.41) is 9.66. The molecule has 0 aromatic heterocycles. The minimum atomic E-state index is -0.567. The number of aliphatic hydroxyl groups excluding tert-OH is 1. The van der Waals surface area contributed by atoms with Crippen molar-refractivity contribution in [3.8, 4) is 11.5 Å². The predicted molar refractivity (Wildman–Crippen MR) is 72.8 cm³/mol. The van der Waals surface area contributed by atoms with Crippen LogP contribution < -0.4 is 9.47 Å². The molecular weight excluding hydrogens is 258 g/mol. The van der Waals surface area contributed by atoms with E-state index in [-0.39, 0.29) is 12.5 Å². The summed E-state index contributed by atoms with van der Waals surface area (Å²) in [6.07, 6.45) is 1.08.